The number of carbonyl (C=O) groups excluding carboxylic acids is 1. The molecule has 0 atom stereocenters. The zero-order valence-electron chi connectivity index (χ0n) is 12.7. The topological polar surface area (TPSA) is 73.9 Å². The molecule has 1 heterocycles. The van der Waals surface area contributed by atoms with E-state index in [4.69, 9.17) is 37.3 Å². The molecule has 0 radical (unpaired) electrons. The number of carbonyl (C=O) groups is 1. The van der Waals surface area contributed by atoms with Crippen molar-refractivity contribution >= 4 is 35.1 Å². The number of ether oxygens (including phenoxy) is 1. The molecular weight excluding hydrogens is 343 g/mol. The number of nitrogens with zero attached hydrogens (tertiary/aromatic N) is 2. The van der Waals surface area contributed by atoms with Crippen LogP contribution in [0.5, 0.6) is 0 Å². The van der Waals surface area contributed by atoms with Crippen LogP contribution >= 0.6 is 23.2 Å². The first-order chi connectivity index (χ1) is 11.0. The molecule has 0 N–H and O–H groups in total. The van der Waals surface area contributed by atoms with E-state index in [0.29, 0.717) is 22.2 Å². The molecular formula is C15H14Cl2N2O4. The van der Waals surface area contributed by atoms with Gasteiger partial charge in [-0.15, -0.1) is 0 Å². The third-order valence-electron chi connectivity index (χ3n) is 2.88. The van der Waals surface area contributed by atoms with Crippen molar-refractivity contribution in [3.05, 3.63) is 39.6 Å². The van der Waals surface area contributed by atoms with E-state index in [-0.39, 0.29) is 22.9 Å². The lowest BCUT2D eigenvalue weighted by atomic mass is 10.1. The number of hydrogen-bond acceptors (Lipinski definition) is 6. The van der Waals surface area contributed by atoms with Crippen molar-refractivity contribution in [2.24, 2.45) is 5.16 Å². The fraction of sp³-hybridized carbons (Fsp3) is 0.267. The van der Waals surface area contributed by atoms with Gasteiger partial charge in [-0.05, 0) is 31.1 Å². The van der Waals surface area contributed by atoms with Gasteiger partial charge in [0, 0.05) is 12.5 Å². The van der Waals surface area contributed by atoms with Gasteiger partial charge in [0.2, 0.25) is 5.90 Å². The van der Waals surface area contributed by atoms with Crippen molar-refractivity contribution in [3.8, 4) is 11.3 Å². The first kappa shape index (κ1) is 17.3. The highest BCUT2D eigenvalue weighted by atomic mass is 35.5. The summed E-state index contributed by atoms with van der Waals surface area (Å²) in [5, 5.41) is 8.15. The summed E-state index contributed by atoms with van der Waals surface area (Å²) >= 11 is 12.3. The Morgan fingerprint density at radius 1 is 1.35 bits per heavy atom. The van der Waals surface area contributed by atoms with E-state index in [0.717, 1.165) is 0 Å². The zero-order valence-corrected chi connectivity index (χ0v) is 14.2. The molecule has 1 aromatic carbocycles. The summed E-state index contributed by atoms with van der Waals surface area (Å²) in [6.45, 7) is 5.36. The highest BCUT2D eigenvalue weighted by molar-refractivity contribution is 6.39. The molecule has 2 aromatic rings. The predicted molar refractivity (Wildman–Crippen MR) is 86.8 cm³/mol. The number of aryl methyl sites for hydroxylation is 1. The number of rotatable bonds is 4. The van der Waals surface area contributed by atoms with E-state index in [1.165, 1.54) is 0 Å². The normalized spacial score (nSPS) is 11.4. The van der Waals surface area contributed by atoms with Crippen molar-refractivity contribution in [2.75, 3.05) is 6.61 Å². The minimum absolute atomic E-state index is 0.105. The second-order valence-corrected chi connectivity index (χ2v) is 5.30. The molecule has 0 unspecified atom stereocenters. The average Bonchev–Trinajstić information content (AvgIpc) is 2.87. The minimum Gasteiger partial charge on any atom is -0.479 e. The number of aromatic nitrogens is 1. The standard InChI is InChI=1S/C15H14Cl2N2O4/c1-4-21-9(3)18-23-15(20)12-8(2)22-19-14(12)13-10(16)6-5-7-11(13)17/h5-7H,4H2,1-3H3. The molecule has 0 saturated carbocycles. The Kier molecular flexibility index (Phi) is 5.63. The minimum atomic E-state index is -0.742. The van der Waals surface area contributed by atoms with E-state index in [9.17, 15) is 4.79 Å². The van der Waals surface area contributed by atoms with Gasteiger partial charge in [0.05, 0.1) is 16.7 Å². The van der Waals surface area contributed by atoms with Crippen molar-refractivity contribution in [1.29, 1.82) is 0 Å². The first-order valence-corrected chi connectivity index (χ1v) is 7.50. The summed E-state index contributed by atoms with van der Waals surface area (Å²) < 4.78 is 10.2. The van der Waals surface area contributed by atoms with Crippen LogP contribution in [0.15, 0.2) is 27.9 Å². The molecule has 0 bridgehead atoms. The largest absolute Gasteiger partial charge is 0.479 e. The van der Waals surface area contributed by atoms with Gasteiger partial charge in [-0.3, -0.25) is 0 Å². The van der Waals surface area contributed by atoms with E-state index < -0.39 is 5.97 Å². The van der Waals surface area contributed by atoms with Gasteiger partial charge in [-0.25, -0.2) is 4.79 Å². The van der Waals surface area contributed by atoms with Gasteiger partial charge < -0.3 is 14.1 Å². The molecule has 0 aliphatic carbocycles. The van der Waals surface area contributed by atoms with Crippen LogP contribution in [0.3, 0.4) is 0 Å². The number of benzene rings is 1. The van der Waals surface area contributed by atoms with Crippen LogP contribution in [-0.4, -0.2) is 23.6 Å². The Labute approximate surface area is 142 Å². The Hall–Kier alpha value is -2.05. The van der Waals surface area contributed by atoms with Gasteiger partial charge in [0.15, 0.2) is 0 Å². The Morgan fingerprint density at radius 3 is 2.61 bits per heavy atom. The second kappa shape index (κ2) is 7.48. The van der Waals surface area contributed by atoms with Crippen LogP contribution in [0.4, 0.5) is 0 Å². The maximum atomic E-state index is 12.3. The van der Waals surface area contributed by atoms with Crippen LogP contribution in [0.2, 0.25) is 10.0 Å². The second-order valence-electron chi connectivity index (χ2n) is 4.48. The highest BCUT2D eigenvalue weighted by Gasteiger charge is 2.26. The summed E-state index contributed by atoms with van der Waals surface area (Å²) in [6, 6.07) is 4.97. The third-order valence-corrected chi connectivity index (χ3v) is 3.51. The van der Waals surface area contributed by atoms with Crippen LogP contribution < -0.4 is 0 Å². The number of oxime groups is 1. The SMILES string of the molecule is CCOC(C)=NOC(=O)c1c(-c2c(Cl)cccc2Cl)noc1C. The molecule has 0 fully saturated rings. The van der Waals surface area contributed by atoms with E-state index in [1.54, 1.807) is 39.0 Å². The molecule has 0 aliphatic heterocycles. The number of hydrogen-bond donors (Lipinski definition) is 0. The van der Waals surface area contributed by atoms with Crippen molar-refractivity contribution in [2.45, 2.75) is 20.8 Å². The average molecular weight is 357 g/mol. The maximum absolute atomic E-state index is 12.3. The quantitative estimate of drug-likeness (QED) is 0.349. The molecule has 2 rings (SSSR count). The summed E-state index contributed by atoms with van der Waals surface area (Å²) in [7, 11) is 0. The van der Waals surface area contributed by atoms with E-state index >= 15 is 0 Å². The summed E-state index contributed by atoms with van der Waals surface area (Å²) in [5.41, 5.74) is 0.700. The maximum Gasteiger partial charge on any atom is 0.371 e. The molecule has 1 aromatic heterocycles. The Morgan fingerprint density at radius 2 is 2.00 bits per heavy atom. The van der Waals surface area contributed by atoms with Crippen LogP contribution in [0.1, 0.15) is 30.0 Å². The molecule has 8 heteroatoms. The Bertz CT molecular complexity index is 736. The molecule has 0 spiro atoms. The number of halogens is 2. The van der Waals surface area contributed by atoms with Crippen molar-refractivity contribution in [1.82, 2.24) is 5.16 Å². The molecule has 0 amide bonds. The smallest absolute Gasteiger partial charge is 0.371 e. The van der Waals surface area contributed by atoms with Gasteiger partial charge in [0.25, 0.3) is 0 Å². The van der Waals surface area contributed by atoms with Gasteiger partial charge in [-0.1, -0.05) is 34.4 Å². The molecule has 122 valence electrons. The lowest BCUT2D eigenvalue weighted by molar-refractivity contribution is 0.0500. The molecule has 23 heavy (non-hydrogen) atoms. The summed E-state index contributed by atoms with van der Waals surface area (Å²) in [6.07, 6.45) is 0. The van der Waals surface area contributed by atoms with E-state index in [2.05, 4.69) is 10.3 Å². The van der Waals surface area contributed by atoms with E-state index in [1.807, 2.05) is 0 Å². The lowest BCUT2D eigenvalue weighted by Gasteiger charge is -2.05. The molecule has 0 aliphatic rings. The first-order valence-electron chi connectivity index (χ1n) is 6.75. The predicted octanol–water partition coefficient (Wildman–Crippen LogP) is 4.48. The fourth-order valence-corrected chi connectivity index (χ4v) is 2.47. The van der Waals surface area contributed by atoms with Gasteiger partial charge in [0.1, 0.15) is 17.0 Å². The lowest BCUT2D eigenvalue weighted by Crippen LogP contribution is -2.07. The van der Waals surface area contributed by atoms with Crippen molar-refractivity contribution < 1.29 is 18.9 Å². The Balaban J connectivity index is 2.40. The van der Waals surface area contributed by atoms with Crippen molar-refractivity contribution in [3.63, 3.8) is 0 Å². The monoisotopic (exact) mass is 356 g/mol. The fourth-order valence-electron chi connectivity index (χ4n) is 1.89. The van der Waals surface area contributed by atoms with Gasteiger partial charge in [-0.2, -0.15) is 0 Å². The van der Waals surface area contributed by atoms with Crippen LogP contribution in [0.25, 0.3) is 11.3 Å². The third kappa shape index (κ3) is 3.83. The molecule has 0 saturated heterocycles. The highest BCUT2D eigenvalue weighted by Crippen LogP contribution is 2.36. The molecule has 6 nitrogen and oxygen atoms in total. The summed E-state index contributed by atoms with van der Waals surface area (Å²) in [5.74, 6) is -0.244. The van der Waals surface area contributed by atoms with Crippen LogP contribution in [-0.2, 0) is 9.57 Å². The summed E-state index contributed by atoms with van der Waals surface area (Å²) in [4.78, 5) is 17.1. The van der Waals surface area contributed by atoms with Gasteiger partial charge >= 0.3 is 5.97 Å². The zero-order chi connectivity index (χ0) is 17.0. The van der Waals surface area contributed by atoms with Crippen LogP contribution in [0, 0.1) is 6.92 Å².